The first-order chi connectivity index (χ1) is 7.20. The van der Waals surface area contributed by atoms with E-state index in [1.54, 1.807) is 0 Å². The lowest BCUT2D eigenvalue weighted by Crippen LogP contribution is -2.54. The molecule has 94 valence electrons. The smallest absolute Gasteiger partial charge is 0.223 e. The van der Waals surface area contributed by atoms with Crippen molar-refractivity contribution in [2.75, 3.05) is 0 Å². The second kappa shape index (κ2) is 5.99. The number of hydrogen-bond acceptors (Lipinski definition) is 3. The van der Waals surface area contributed by atoms with Crippen LogP contribution in [0.2, 0.25) is 0 Å². The number of carbonyl (C=O) groups excluding carboxylic acids is 2. The van der Waals surface area contributed by atoms with Crippen molar-refractivity contribution in [3.63, 3.8) is 0 Å². The molecule has 0 radical (unpaired) electrons. The Morgan fingerprint density at radius 2 is 1.88 bits per heavy atom. The van der Waals surface area contributed by atoms with Crippen molar-refractivity contribution in [3.8, 4) is 0 Å². The summed E-state index contributed by atoms with van der Waals surface area (Å²) in [6, 6.07) is -0.834. The largest absolute Gasteiger partial charge is 0.388 e. The molecule has 2 N–H and O–H groups in total. The van der Waals surface area contributed by atoms with E-state index in [4.69, 9.17) is 0 Å². The first-order valence-corrected chi connectivity index (χ1v) is 5.73. The van der Waals surface area contributed by atoms with Crippen molar-refractivity contribution in [1.82, 2.24) is 5.32 Å². The van der Waals surface area contributed by atoms with Crippen LogP contribution < -0.4 is 5.32 Å². The summed E-state index contributed by atoms with van der Waals surface area (Å²) in [6.45, 7) is 8.23. The SMILES string of the molecule is CCC[C@H](C)C(=O)NC(C(C)=O)C(C)(C)O. The van der Waals surface area contributed by atoms with Crippen LogP contribution in [0.1, 0.15) is 47.5 Å². The van der Waals surface area contributed by atoms with Crippen LogP contribution in [0.5, 0.6) is 0 Å². The number of carbonyl (C=O) groups is 2. The molecule has 4 heteroatoms. The second-order valence-electron chi connectivity index (χ2n) is 4.90. The highest BCUT2D eigenvalue weighted by Gasteiger charge is 2.32. The van der Waals surface area contributed by atoms with Crippen LogP contribution in [-0.2, 0) is 9.59 Å². The summed E-state index contributed by atoms with van der Waals surface area (Å²) in [7, 11) is 0. The molecule has 0 rings (SSSR count). The number of Topliss-reactive ketones (excluding diaryl/α,β-unsaturated/α-hetero) is 1. The lowest BCUT2D eigenvalue weighted by atomic mass is 9.94. The van der Waals surface area contributed by atoms with Gasteiger partial charge in [0.25, 0.3) is 0 Å². The Hall–Kier alpha value is -0.900. The highest BCUT2D eigenvalue weighted by Crippen LogP contribution is 2.12. The second-order valence-corrected chi connectivity index (χ2v) is 4.90. The van der Waals surface area contributed by atoms with Crippen LogP contribution in [0, 0.1) is 5.92 Å². The van der Waals surface area contributed by atoms with Crippen molar-refractivity contribution in [1.29, 1.82) is 0 Å². The summed E-state index contributed by atoms with van der Waals surface area (Å²) < 4.78 is 0. The van der Waals surface area contributed by atoms with Crippen LogP contribution in [0.25, 0.3) is 0 Å². The van der Waals surface area contributed by atoms with E-state index in [0.717, 1.165) is 12.8 Å². The Bertz CT molecular complexity index is 255. The van der Waals surface area contributed by atoms with E-state index >= 15 is 0 Å². The normalized spacial score (nSPS) is 15.4. The van der Waals surface area contributed by atoms with Crippen LogP contribution in [0.15, 0.2) is 0 Å². The van der Waals surface area contributed by atoms with Gasteiger partial charge in [0.05, 0.1) is 5.60 Å². The van der Waals surface area contributed by atoms with E-state index in [-0.39, 0.29) is 17.6 Å². The zero-order chi connectivity index (χ0) is 12.9. The number of ketones is 1. The lowest BCUT2D eigenvalue weighted by molar-refractivity contribution is -0.134. The van der Waals surface area contributed by atoms with Gasteiger partial charge < -0.3 is 10.4 Å². The van der Waals surface area contributed by atoms with Gasteiger partial charge in [-0.3, -0.25) is 9.59 Å². The van der Waals surface area contributed by atoms with Crippen molar-refractivity contribution < 1.29 is 14.7 Å². The Balaban J connectivity index is 4.54. The fourth-order valence-electron chi connectivity index (χ4n) is 1.62. The maximum absolute atomic E-state index is 11.7. The Kier molecular flexibility index (Phi) is 5.65. The maximum Gasteiger partial charge on any atom is 0.223 e. The zero-order valence-corrected chi connectivity index (χ0v) is 10.8. The molecule has 0 aromatic rings. The number of nitrogens with one attached hydrogen (secondary N) is 1. The first-order valence-electron chi connectivity index (χ1n) is 5.73. The van der Waals surface area contributed by atoms with Crippen molar-refractivity contribution >= 4 is 11.7 Å². The zero-order valence-electron chi connectivity index (χ0n) is 10.8. The van der Waals surface area contributed by atoms with Crippen molar-refractivity contribution in [2.24, 2.45) is 5.92 Å². The third-order valence-corrected chi connectivity index (χ3v) is 2.57. The lowest BCUT2D eigenvalue weighted by Gasteiger charge is -2.29. The van der Waals surface area contributed by atoms with Crippen LogP contribution in [0.3, 0.4) is 0 Å². The minimum absolute atomic E-state index is 0.130. The van der Waals surface area contributed by atoms with Gasteiger partial charge in [0.2, 0.25) is 5.91 Å². The quantitative estimate of drug-likeness (QED) is 0.720. The van der Waals surface area contributed by atoms with Gasteiger partial charge in [-0.25, -0.2) is 0 Å². The molecule has 0 aliphatic rings. The maximum atomic E-state index is 11.7. The van der Waals surface area contributed by atoms with Gasteiger partial charge in [-0.15, -0.1) is 0 Å². The molecule has 16 heavy (non-hydrogen) atoms. The van der Waals surface area contributed by atoms with Crippen molar-refractivity contribution in [2.45, 2.75) is 59.1 Å². The van der Waals surface area contributed by atoms with Gasteiger partial charge in [-0.2, -0.15) is 0 Å². The average molecular weight is 229 g/mol. The van der Waals surface area contributed by atoms with Gasteiger partial charge >= 0.3 is 0 Å². The molecule has 1 unspecified atom stereocenters. The number of amides is 1. The van der Waals surface area contributed by atoms with Crippen LogP contribution in [0.4, 0.5) is 0 Å². The summed E-state index contributed by atoms with van der Waals surface area (Å²) in [6.07, 6.45) is 1.70. The van der Waals surface area contributed by atoms with Gasteiger partial charge in [0.1, 0.15) is 6.04 Å². The fourth-order valence-corrected chi connectivity index (χ4v) is 1.62. The summed E-state index contributed by atoms with van der Waals surface area (Å²) in [4.78, 5) is 23.1. The van der Waals surface area contributed by atoms with Gasteiger partial charge in [0, 0.05) is 5.92 Å². The number of aliphatic hydroxyl groups is 1. The van der Waals surface area contributed by atoms with Gasteiger partial charge in [-0.05, 0) is 27.2 Å². The highest BCUT2D eigenvalue weighted by atomic mass is 16.3. The molecular weight excluding hydrogens is 206 g/mol. The summed E-state index contributed by atoms with van der Waals surface area (Å²) >= 11 is 0. The Morgan fingerprint density at radius 3 is 2.19 bits per heavy atom. The van der Waals surface area contributed by atoms with Crippen molar-refractivity contribution in [3.05, 3.63) is 0 Å². The molecular formula is C12H23NO3. The minimum atomic E-state index is -1.23. The van der Waals surface area contributed by atoms with E-state index in [2.05, 4.69) is 5.32 Å². The predicted molar refractivity (Wildman–Crippen MR) is 63.0 cm³/mol. The molecule has 0 bridgehead atoms. The average Bonchev–Trinajstić information content (AvgIpc) is 2.11. The molecule has 2 atom stereocenters. The number of rotatable bonds is 6. The van der Waals surface area contributed by atoms with Crippen LogP contribution >= 0.6 is 0 Å². The van der Waals surface area contributed by atoms with E-state index < -0.39 is 11.6 Å². The molecule has 0 aromatic heterocycles. The molecule has 0 heterocycles. The van der Waals surface area contributed by atoms with E-state index in [0.29, 0.717) is 0 Å². The molecule has 0 fully saturated rings. The molecule has 0 saturated carbocycles. The topological polar surface area (TPSA) is 66.4 Å². The molecule has 0 aliphatic heterocycles. The van der Waals surface area contributed by atoms with Crippen LogP contribution in [-0.4, -0.2) is 28.4 Å². The molecule has 0 aliphatic carbocycles. The standard InChI is InChI=1S/C12H23NO3/c1-6-7-8(2)11(15)13-10(9(3)14)12(4,5)16/h8,10,16H,6-7H2,1-5H3,(H,13,15)/t8-,10?/m0/s1. The summed E-state index contributed by atoms with van der Waals surface area (Å²) in [5, 5.41) is 12.4. The predicted octanol–water partition coefficient (Wildman–Crippen LogP) is 1.27. The van der Waals surface area contributed by atoms with E-state index in [9.17, 15) is 14.7 Å². The molecule has 4 nitrogen and oxygen atoms in total. The van der Waals surface area contributed by atoms with E-state index in [1.165, 1.54) is 20.8 Å². The summed E-state index contributed by atoms with van der Waals surface area (Å²) in [5.74, 6) is -0.539. The Morgan fingerprint density at radius 1 is 1.38 bits per heavy atom. The number of hydrogen-bond donors (Lipinski definition) is 2. The minimum Gasteiger partial charge on any atom is -0.388 e. The highest BCUT2D eigenvalue weighted by molar-refractivity contribution is 5.89. The first kappa shape index (κ1) is 15.1. The monoisotopic (exact) mass is 229 g/mol. The molecule has 0 spiro atoms. The third-order valence-electron chi connectivity index (χ3n) is 2.57. The molecule has 0 aromatic carbocycles. The molecule has 0 saturated heterocycles. The third kappa shape index (κ3) is 4.75. The molecule has 1 amide bonds. The summed E-state index contributed by atoms with van der Waals surface area (Å²) in [5.41, 5.74) is -1.23. The van der Waals surface area contributed by atoms with Gasteiger partial charge in [0.15, 0.2) is 5.78 Å². The van der Waals surface area contributed by atoms with Gasteiger partial charge in [-0.1, -0.05) is 20.3 Å². The Labute approximate surface area is 97.4 Å². The fraction of sp³-hybridized carbons (Fsp3) is 0.833. The van der Waals surface area contributed by atoms with E-state index in [1.807, 2.05) is 13.8 Å².